The van der Waals surface area contributed by atoms with E-state index in [-0.39, 0.29) is 17.9 Å². The molecular formula is C14H21N3O. The largest absolute Gasteiger partial charge is 0.370 e. The highest BCUT2D eigenvalue weighted by Crippen LogP contribution is 2.30. The Morgan fingerprint density at radius 3 is 2.78 bits per heavy atom. The Kier molecular flexibility index (Phi) is 3.57. The number of primary amides is 1. The van der Waals surface area contributed by atoms with Crippen LogP contribution in [0.5, 0.6) is 0 Å². The molecule has 0 saturated heterocycles. The van der Waals surface area contributed by atoms with E-state index in [1.807, 2.05) is 13.8 Å². The van der Waals surface area contributed by atoms with Gasteiger partial charge in [0, 0.05) is 24.8 Å². The van der Waals surface area contributed by atoms with Crippen LogP contribution in [0.15, 0.2) is 18.2 Å². The molecule has 0 radical (unpaired) electrons. The van der Waals surface area contributed by atoms with E-state index < -0.39 is 0 Å². The first-order valence-electron chi connectivity index (χ1n) is 6.41. The minimum Gasteiger partial charge on any atom is -0.370 e. The molecule has 98 valence electrons. The van der Waals surface area contributed by atoms with Gasteiger partial charge in [0.1, 0.15) is 0 Å². The standard InChI is InChI=1S/C14H21N3O/c1-9(14(16)18)8-17-6-5-12-7-11(10(2)15)3-4-13(12)17/h3-4,7,9-10H,5-6,8,15H2,1-2H3,(H2,16,18). The summed E-state index contributed by atoms with van der Waals surface area (Å²) < 4.78 is 0. The van der Waals surface area contributed by atoms with E-state index in [2.05, 4.69) is 23.1 Å². The fourth-order valence-electron chi connectivity index (χ4n) is 2.38. The Labute approximate surface area is 108 Å². The highest BCUT2D eigenvalue weighted by molar-refractivity contribution is 5.77. The summed E-state index contributed by atoms with van der Waals surface area (Å²) >= 11 is 0. The minimum atomic E-state index is -0.240. The van der Waals surface area contributed by atoms with Crippen LogP contribution < -0.4 is 16.4 Å². The molecule has 0 spiro atoms. The molecule has 0 bridgehead atoms. The van der Waals surface area contributed by atoms with Crippen LogP contribution in [0.1, 0.15) is 31.0 Å². The fraction of sp³-hybridized carbons (Fsp3) is 0.500. The van der Waals surface area contributed by atoms with Gasteiger partial charge in [0.05, 0.1) is 5.92 Å². The molecule has 0 saturated carbocycles. The normalized spacial score (nSPS) is 17.4. The monoisotopic (exact) mass is 247 g/mol. The second-order valence-electron chi connectivity index (χ2n) is 5.18. The zero-order valence-corrected chi connectivity index (χ0v) is 11.0. The van der Waals surface area contributed by atoms with Crippen LogP contribution in [0.4, 0.5) is 5.69 Å². The van der Waals surface area contributed by atoms with Crippen molar-refractivity contribution in [3.8, 4) is 0 Å². The van der Waals surface area contributed by atoms with Gasteiger partial charge in [0.25, 0.3) is 0 Å². The van der Waals surface area contributed by atoms with E-state index in [1.165, 1.54) is 16.8 Å². The minimum absolute atomic E-state index is 0.0638. The van der Waals surface area contributed by atoms with Gasteiger partial charge in [0.2, 0.25) is 5.91 Å². The first-order chi connectivity index (χ1) is 8.49. The molecule has 0 aliphatic carbocycles. The van der Waals surface area contributed by atoms with Gasteiger partial charge >= 0.3 is 0 Å². The van der Waals surface area contributed by atoms with Gasteiger partial charge in [-0.3, -0.25) is 4.79 Å². The topological polar surface area (TPSA) is 72.3 Å². The SMILES string of the molecule is CC(CN1CCc2cc(C(C)N)ccc21)C(N)=O. The number of hydrogen-bond donors (Lipinski definition) is 2. The number of nitrogens with zero attached hydrogens (tertiary/aromatic N) is 1. The maximum absolute atomic E-state index is 11.1. The molecule has 4 heteroatoms. The van der Waals surface area contributed by atoms with E-state index in [4.69, 9.17) is 11.5 Å². The number of fused-ring (bicyclic) bond motifs is 1. The number of carbonyl (C=O) groups excluding carboxylic acids is 1. The first kappa shape index (κ1) is 12.9. The molecule has 1 aromatic rings. The summed E-state index contributed by atoms with van der Waals surface area (Å²) in [6, 6.07) is 6.41. The highest BCUT2D eigenvalue weighted by Gasteiger charge is 2.22. The Hall–Kier alpha value is -1.55. The predicted octanol–water partition coefficient (Wildman–Crippen LogP) is 1.19. The summed E-state index contributed by atoms with van der Waals surface area (Å²) in [5, 5.41) is 0. The van der Waals surface area contributed by atoms with Crippen molar-refractivity contribution in [2.75, 3.05) is 18.0 Å². The zero-order valence-electron chi connectivity index (χ0n) is 11.0. The Balaban J connectivity index is 2.16. The molecule has 18 heavy (non-hydrogen) atoms. The molecule has 1 aromatic carbocycles. The summed E-state index contributed by atoms with van der Waals surface area (Å²) in [5.41, 5.74) is 14.9. The molecule has 0 fully saturated rings. The van der Waals surface area contributed by atoms with Crippen molar-refractivity contribution in [3.63, 3.8) is 0 Å². The van der Waals surface area contributed by atoms with Gasteiger partial charge in [0.15, 0.2) is 0 Å². The third-order valence-corrected chi connectivity index (χ3v) is 3.60. The number of hydrogen-bond acceptors (Lipinski definition) is 3. The van der Waals surface area contributed by atoms with E-state index in [1.54, 1.807) is 0 Å². The van der Waals surface area contributed by atoms with Crippen LogP contribution in [0, 0.1) is 5.92 Å². The van der Waals surface area contributed by atoms with Crippen molar-refractivity contribution < 1.29 is 4.79 Å². The lowest BCUT2D eigenvalue weighted by atomic mass is 10.0. The highest BCUT2D eigenvalue weighted by atomic mass is 16.1. The average molecular weight is 247 g/mol. The summed E-state index contributed by atoms with van der Waals surface area (Å²) in [6.45, 7) is 5.51. The Morgan fingerprint density at radius 2 is 2.17 bits per heavy atom. The van der Waals surface area contributed by atoms with E-state index >= 15 is 0 Å². The van der Waals surface area contributed by atoms with Crippen LogP contribution in [0.3, 0.4) is 0 Å². The zero-order chi connectivity index (χ0) is 13.3. The lowest BCUT2D eigenvalue weighted by Gasteiger charge is -2.22. The molecular weight excluding hydrogens is 226 g/mol. The quantitative estimate of drug-likeness (QED) is 0.839. The van der Waals surface area contributed by atoms with Crippen LogP contribution in [-0.4, -0.2) is 19.0 Å². The van der Waals surface area contributed by atoms with Crippen LogP contribution in [0.2, 0.25) is 0 Å². The average Bonchev–Trinajstić information content (AvgIpc) is 2.71. The van der Waals surface area contributed by atoms with Crippen molar-refractivity contribution in [3.05, 3.63) is 29.3 Å². The number of benzene rings is 1. The molecule has 2 atom stereocenters. The molecule has 4 N–H and O–H groups in total. The number of anilines is 1. The number of amides is 1. The Bertz CT molecular complexity index is 456. The van der Waals surface area contributed by atoms with E-state index in [0.717, 1.165) is 13.0 Å². The van der Waals surface area contributed by atoms with E-state index in [9.17, 15) is 4.79 Å². The van der Waals surface area contributed by atoms with E-state index in [0.29, 0.717) is 6.54 Å². The molecule has 1 aliphatic rings. The maximum atomic E-state index is 11.1. The molecule has 0 aromatic heterocycles. The Morgan fingerprint density at radius 1 is 1.44 bits per heavy atom. The number of rotatable bonds is 4. The third-order valence-electron chi connectivity index (χ3n) is 3.60. The fourth-order valence-corrected chi connectivity index (χ4v) is 2.38. The van der Waals surface area contributed by atoms with Crippen molar-refractivity contribution >= 4 is 11.6 Å². The smallest absolute Gasteiger partial charge is 0.222 e. The van der Waals surface area contributed by atoms with Crippen molar-refractivity contribution in [1.82, 2.24) is 0 Å². The molecule has 1 amide bonds. The van der Waals surface area contributed by atoms with Crippen molar-refractivity contribution in [2.24, 2.45) is 17.4 Å². The molecule has 2 rings (SSSR count). The molecule has 2 unspecified atom stereocenters. The number of carbonyl (C=O) groups is 1. The van der Waals surface area contributed by atoms with Gasteiger partial charge in [-0.05, 0) is 30.5 Å². The molecule has 4 nitrogen and oxygen atoms in total. The summed E-state index contributed by atoms with van der Waals surface area (Å²) in [6.07, 6.45) is 1.02. The molecule has 1 heterocycles. The van der Waals surface area contributed by atoms with Crippen LogP contribution >= 0.6 is 0 Å². The predicted molar refractivity (Wildman–Crippen MR) is 73.3 cm³/mol. The van der Waals surface area contributed by atoms with Gasteiger partial charge in [-0.1, -0.05) is 19.1 Å². The van der Waals surface area contributed by atoms with Crippen molar-refractivity contribution in [1.29, 1.82) is 0 Å². The maximum Gasteiger partial charge on any atom is 0.222 e. The van der Waals surface area contributed by atoms with Crippen LogP contribution in [-0.2, 0) is 11.2 Å². The summed E-state index contributed by atoms with van der Waals surface area (Å²) in [5.74, 6) is -0.361. The van der Waals surface area contributed by atoms with Crippen molar-refractivity contribution in [2.45, 2.75) is 26.3 Å². The van der Waals surface area contributed by atoms with Gasteiger partial charge in [-0.25, -0.2) is 0 Å². The summed E-state index contributed by atoms with van der Waals surface area (Å²) in [7, 11) is 0. The second kappa shape index (κ2) is 4.98. The lowest BCUT2D eigenvalue weighted by molar-refractivity contribution is -0.121. The lowest BCUT2D eigenvalue weighted by Crippen LogP contribution is -2.33. The van der Waals surface area contributed by atoms with Gasteiger partial charge in [-0.2, -0.15) is 0 Å². The van der Waals surface area contributed by atoms with Gasteiger partial charge < -0.3 is 16.4 Å². The third kappa shape index (κ3) is 2.48. The second-order valence-corrected chi connectivity index (χ2v) is 5.18. The first-order valence-corrected chi connectivity index (χ1v) is 6.41. The number of nitrogens with two attached hydrogens (primary N) is 2. The summed E-state index contributed by atoms with van der Waals surface area (Å²) in [4.78, 5) is 13.4. The van der Waals surface area contributed by atoms with Crippen LogP contribution in [0.25, 0.3) is 0 Å². The molecule has 1 aliphatic heterocycles. The van der Waals surface area contributed by atoms with Gasteiger partial charge in [-0.15, -0.1) is 0 Å².